The molecule has 1 saturated heterocycles. The fourth-order valence-electron chi connectivity index (χ4n) is 2.22. The van der Waals surface area contributed by atoms with E-state index in [0.29, 0.717) is 25.2 Å². The molecular weight excluding hydrogens is 252 g/mol. The van der Waals surface area contributed by atoms with Crippen molar-refractivity contribution in [3.05, 3.63) is 33.9 Å². The van der Waals surface area contributed by atoms with E-state index in [1.807, 2.05) is 0 Å². The van der Waals surface area contributed by atoms with E-state index in [1.165, 1.54) is 12.1 Å². The normalized spacial score (nSPS) is 22.5. The van der Waals surface area contributed by atoms with Gasteiger partial charge in [-0.25, -0.2) is 4.79 Å². The van der Waals surface area contributed by atoms with Gasteiger partial charge in [0.2, 0.25) is 0 Å². The summed E-state index contributed by atoms with van der Waals surface area (Å²) >= 11 is 0. The Bertz CT molecular complexity index is 541. The maximum Gasteiger partial charge on any atom is 0.335 e. The van der Waals surface area contributed by atoms with Crippen LogP contribution in [0, 0.1) is 10.1 Å². The molecule has 0 bridgehead atoms. The summed E-state index contributed by atoms with van der Waals surface area (Å²) in [6, 6.07) is 3.80. The standard InChI is InChI=1S/C12H14N2O5/c1-12(17)4-5-13(7-12)9-3-2-8(11(15)16)6-10(9)14(18)19/h2-3,6,17H,4-5,7H2,1H3,(H,15,16). The summed E-state index contributed by atoms with van der Waals surface area (Å²) in [6.45, 7) is 2.46. The first-order chi connectivity index (χ1) is 8.80. The van der Waals surface area contributed by atoms with Crippen molar-refractivity contribution in [1.29, 1.82) is 0 Å². The molecule has 1 aromatic rings. The van der Waals surface area contributed by atoms with Gasteiger partial charge in [-0.15, -0.1) is 0 Å². The molecule has 1 fully saturated rings. The van der Waals surface area contributed by atoms with Gasteiger partial charge in [-0.1, -0.05) is 0 Å². The van der Waals surface area contributed by atoms with Gasteiger partial charge in [-0.2, -0.15) is 0 Å². The zero-order valence-electron chi connectivity index (χ0n) is 10.4. The van der Waals surface area contributed by atoms with E-state index in [2.05, 4.69) is 0 Å². The Morgan fingerprint density at radius 1 is 1.53 bits per heavy atom. The van der Waals surface area contributed by atoms with Crippen LogP contribution in [0.3, 0.4) is 0 Å². The highest BCUT2D eigenvalue weighted by atomic mass is 16.6. The number of carbonyl (C=O) groups is 1. The molecule has 2 rings (SSSR count). The van der Waals surface area contributed by atoms with Crippen molar-refractivity contribution in [3.8, 4) is 0 Å². The highest BCUT2D eigenvalue weighted by molar-refractivity contribution is 5.89. The molecule has 0 saturated carbocycles. The van der Waals surface area contributed by atoms with Gasteiger partial charge in [0.25, 0.3) is 5.69 Å². The van der Waals surface area contributed by atoms with Crippen molar-refractivity contribution in [2.45, 2.75) is 18.9 Å². The van der Waals surface area contributed by atoms with Crippen molar-refractivity contribution >= 4 is 17.3 Å². The minimum atomic E-state index is -1.21. The molecule has 1 aliphatic rings. The number of carboxylic acids is 1. The Labute approximate surface area is 109 Å². The van der Waals surface area contributed by atoms with Crippen LogP contribution in [0.4, 0.5) is 11.4 Å². The predicted octanol–water partition coefficient (Wildman–Crippen LogP) is 1.25. The van der Waals surface area contributed by atoms with Gasteiger partial charge in [0.15, 0.2) is 0 Å². The Morgan fingerprint density at radius 3 is 2.68 bits per heavy atom. The van der Waals surface area contributed by atoms with Gasteiger partial charge in [-0.05, 0) is 25.5 Å². The van der Waals surface area contributed by atoms with Gasteiger partial charge < -0.3 is 15.1 Å². The summed E-state index contributed by atoms with van der Waals surface area (Å²) in [5, 5.41) is 29.8. The van der Waals surface area contributed by atoms with Crippen molar-refractivity contribution in [1.82, 2.24) is 0 Å². The number of aliphatic hydroxyl groups is 1. The fraction of sp³-hybridized carbons (Fsp3) is 0.417. The molecule has 1 heterocycles. The smallest absolute Gasteiger partial charge is 0.335 e. The number of anilines is 1. The van der Waals surface area contributed by atoms with Crippen LogP contribution in [0.15, 0.2) is 18.2 Å². The van der Waals surface area contributed by atoms with Crippen LogP contribution in [0.25, 0.3) is 0 Å². The van der Waals surface area contributed by atoms with E-state index in [-0.39, 0.29) is 11.3 Å². The van der Waals surface area contributed by atoms with Crippen LogP contribution in [0.5, 0.6) is 0 Å². The van der Waals surface area contributed by atoms with Gasteiger partial charge in [0, 0.05) is 19.2 Å². The summed E-state index contributed by atoms with van der Waals surface area (Å²) in [5.41, 5.74) is -0.911. The largest absolute Gasteiger partial charge is 0.478 e. The zero-order chi connectivity index (χ0) is 14.2. The van der Waals surface area contributed by atoms with Crippen LogP contribution >= 0.6 is 0 Å². The lowest BCUT2D eigenvalue weighted by atomic mass is 10.1. The molecule has 19 heavy (non-hydrogen) atoms. The van der Waals surface area contributed by atoms with Crippen LogP contribution in [-0.4, -0.2) is 39.8 Å². The average Bonchev–Trinajstić information content (AvgIpc) is 2.68. The second kappa shape index (κ2) is 4.51. The zero-order valence-corrected chi connectivity index (χ0v) is 10.4. The number of hydrogen-bond acceptors (Lipinski definition) is 5. The summed E-state index contributed by atoms with van der Waals surface area (Å²) in [6.07, 6.45) is 0.519. The van der Waals surface area contributed by atoms with Gasteiger partial charge in [-0.3, -0.25) is 10.1 Å². The number of β-amino-alcohol motifs (C(OH)–C–C–N with tert-alkyl or cyclic N) is 1. The molecule has 1 aromatic carbocycles. The van der Waals surface area contributed by atoms with E-state index in [4.69, 9.17) is 5.11 Å². The quantitative estimate of drug-likeness (QED) is 0.630. The number of carboxylic acid groups (broad SMARTS) is 1. The number of benzene rings is 1. The summed E-state index contributed by atoms with van der Waals surface area (Å²) < 4.78 is 0. The number of nitrogens with zero attached hydrogens (tertiary/aromatic N) is 2. The van der Waals surface area contributed by atoms with Gasteiger partial charge in [0.1, 0.15) is 5.69 Å². The van der Waals surface area contributed by atoms with E-state index in [9.17, 15) is 20.0 Å². The highest BCUT2D eigenvalue weighted by Gasteiger charge is 2.34. The van der Waals surface area contributed by atoms with E-state index >= 15 is 0 Å². The van der Waals surface area contributed by atoms with Crippen LogP contribution in [0.2, 0.25) is 0 Å². The van der Waals surface area contributed by atoms with Crippen LogP contribution in [-0.2, 0) is 0 Å². The Balaban J connectivity index is 2.41. The lowest BCUT2D eigenvalue weighted by molar-refractivity contribution is -0.384. The molecule has 0 aliphatic carbocycles. The fourth-order valence-corrected chi connectivity index (χ4v) is 2.22. The predicted molar refractivity (Wildman–Crippen MR) is 67.5 cm³/mol. The second-order valence-electron chi connectivity index (χ2n) is 4.93. The molecule has 102 valence electrons. The average molecular weight is 266 g/mol. The minimum absolute atomic E-state index is 0.124. The third kappa shape index (κ3) is 2.65. The lowest BCUT2D eigenvalue weighted by Gasteiger charge is -2.20. The van der Waals surface area contributed by atoms with Crippen molar-refractivity contribution in [2.75, 3.05) is 18.0 Å². The molecule has 2 N–H and O–H groups in total. The summed E-state index contributed by atoms with van der Waals surface area (Å²) in [7, 11) is 0. The third-order valence-electron chi connectivity index (χ3n) is 3.21. The molecule has 1 atom stereocenters. The van der Waals surface area contributed by atoms with Crippen molar-refractivity contribution in [3.63, 3.8) is 0 Å². The Morgan fingerprint density at radius 2 is 2.21 bits per heavy atom. The van der Waals surface area contributed by atoms with Crippen LogP contribution < -0.4 is 4.90 Å². The van der Waals surface area contributed by atoms with Crippen molar-refractivity contribution in [2.24, 2.45) is 0 Å². The maximum atomic E-state index is 11.0. The first-order valence-corrected chi connectivity index (χ1v) is 5.79. The molecule has 1 aliphatic heterocycles. The molecule has 7 heteroatoms. The minimum Gasteiger partial charge on any atom is -0.478 e. The van der Waals surface area contributed by atoms with Crippen LogP contribution in [0.1, 0.15) is 23.7 Å². The Hall–Kier alpha value is -2.15. The first kappa shape index (κ1) is 13.3. The molecule has 7 nitrogen and oxygen atoms in total. The van der Waals surface area contributed by atoms with Crippen molar-refractivity contribution < 1.29 is 19.9 Å². The molecule has 0 aromatic heterocycles. The summed E-state index contributed by atoms with van der Waals surface area (Å²) in [4.78, 5) is 23.0. The topological polar surface area (TPSA) is 104 Å². The number of rotatable bonds is 3. The number of hydrogen-bond donors (Lipinski definition) is 2. The van der Waals surface area contributed by atoms with E-state index in [1.54, 1.807) is 11.8 Å². The molecule has 0 amide bonds. The molecule has 1 unspecified atom stereocenters. The number of nitro groups is 1. The third-order valence-corrected chi connectivity index (χ3v) is 3.21. The number of aromatic carboxylic acids is 1. The lowest BCUT2D eigenvalue weighted by Crippen LogP contribution is -2.29. The molecule has 0 spiro atoms. The Kier molecular flexibility index (Phi) is 3.15. The monoisotopic (exact) mass is 266 g/mol. The molecular formula is C12H14N2O5. The SMILES string of the molecule is CC1(O)CCN(c2ccc(C(=O)O)cc2[N+](=O)[O-])C1. The first-order valence-electron chi connectivity index (χ1n) is 5.79. The number of nitro benzene ring substituents is 1. The second-order valence-corrected chi connectivity index (χ2v) is 4.93. The molecule has 0 radical (unpaired) electrons. The maximum absolute atomic E-state index is 11.0. The van der Waals surface area contributed by atoms with Gasteiger partial charge >= 0.3 is 5.97 Å². The summed E-state index contributed by atoms with van der Waals surface area (Å²) in [5.74, 6) is -1.21. The highest BCUT2D eigenvalue weighted by Crippen LogP contribution is 2.34. The van der Waals surface area contributed by atoms with E-state index < -0.39 is 16.5 Å². The van der Waals surface area contributed by atoms with Gasteiger partial charge in [0.05, 0.1) is 16.1 Å². The van der Waals surface area contributed by atoms with E-state index in [0.717, 1.165) is 6.07 Å².